The third-order valence-corrected chi connectivity index (χ3v) is 2.31. The van der Waals surface area contributed by atoms with E-state index in [-0.39, 0.29) is 0 Å². The maximum absolute atomic E-state index is 5.60. The third kappa shape index (κ3) is 2.39. The summed E-state index contributed by atoms with van der Waals surface area (Å²) in [6.45, 7) is 4.71. The number of hydrogen-bond donors (Lipinski definition) is 0. The molecule has 0 aliphatic heterocycles. The van der Waals surface area contributed by atoms with Crippen molar-refractivity contribution in [2.45, 2.75) is 26.5 Å². The Morgan fingerprint density at radius 1 is 1.38 bits per heavy atom. The maximum Gasteiger partial charge on any atom is 0.147 e. The van der Waals surface area contributed by atoms with Crippen molar-refractivity contribution in [2.24, 2.45) is 0 Å². The minimum absolute atomic E-state index is 0.398. The molecule has 2 aromatic heterocycles. The van der Waals surface area contributed by atoms with Crippen LogP contribution >= 0.6 is 0 Å². The first-order chi connectivity index (χ1) is 7.77. The van der Waals surface area contributed by atoms with Gasteiger partial charge in [-0.05, 0) is 26.0 Å². The largest absolute Gasteiger partial charge is 0.484 e. The van der Waals surface area contributed by atoms with Gasteiger partial charge in [-0.15, -0.1) is 0 Å². The normalized spacial score (nSPS) is 10.7. The van der Waals surface area contributed by atoms with Gasteiger partial charge in [0.2, 0.25) is 0 Å². The highest BCUT2D eigenvalue weighted by Gasteiger charge is 2.06. The highest BCUT2D eigenvalue weighted by atomic mass is 16.5. The first kappa shape index (κ1) is 10.7. The molecule has 0 N–H and O–H groups in total. The molecule has 0 aliphatic carbocycles. The lowest BCUT2D eigenvalue weighted by molar-refractivity contribution is 0.285. The van der Waals surface area contributed by atoms with E-state index >= 15 is 0 Å². The highest BCUT2D eigenvalue weighted by Crippen LogP contribution is 2.12. The van der Waals surface area contributed by atoms with Gasteiger partial charge in [0.05, 0.1) is 6.20 Å². The molecule has 0 atom stereocenters. The average Bonchev–Trinajstić information content (AvgIpc) is 2.76. The number of imidazole rings is 1. The van der Waals surface area contributed by atoms with Crippen molar-refractivity contribution in [1.82, 2.24) is 14.5 Å². The van der Waals surface area contributed by atoms with Crippen LogP contribution in [0.3, 0.4) is 0 Å². The van der Waals surface area contributed by atoms with Crippen LogP contribution < -0.4 is 4.74 Å². The molecule has 0 fully saturated rings. The van der Waals surface area contributed by atoms with Crippen LogP contribution in [0.15, 0.2) is 36.9 Å². The zero-order chi connectivity index (χ0) is 11.4. The number of aromatic nitrogens is 3. The van der Waals surface area contributed by atoms with Crippen molar-refractivity contribution < 1.29 is 4.74 Å². The van der Waals surface area contributed by atoms with E-state index in [9.17, 15) is 0 Å². The third-order valence-electron chi connectivity index (χ3n) is 2.31. The fourth-order valence-corrected chi connectivity index (χ4v) is 1.51. The van der Waals surface area contributed by atoms with E-state index in [1.807, 2.05) is 18.3 Å². The topological polar surface area (TPSA) is 39.9 Å². The predicted molar refractivity (Wildman–Crippen MR) is 61.2 cm³/mol. The van der Waals surface area contributed by atoms with Crippen molar-refractivity contribution in [3.63, 3.8) is 0 Å². The van der Waals surface area contributed by atoms with Crippen LogP contribution in [0, 0.1) is 0 Å². The summed E-state index contributed by atoms with van der Waals surface area (Å²) >= 11 is 0. The van der Waals surface area contributed by atoms with Gasteiger partial charge in [-0.1, -0.05) is 0 Å². The Balaban J connectivity index is 2.02. The lowest BCUT2D eigenvalue weighted by atomic mass is 10.4. The fourth-order valence-electron chi connectivity index (χ4n) is 1.51. The molecule has 2 aromatic rings. The van der Waals surface area contributed by atoms with Gasteiger partial charge in [0.1, 0.15) is 18.2 Å². The Hall–Kier alpha value is -1.84. The van der Waals surface area contributed by atoms with E-state index in [1.54, 1.807) is 18.6 Å². The zero-order valence-electron chi connectivity index (χ0n) is 9.50. The van der Waals surface area contributed by atoms with Gasteiger partial charge in [0.15, 0.2) is 0 Å². The van der Waals surface area contributed by atoms with E-state index in [0.29, 0.717) is 12.6 Å². The van der Waals surface area contributed by atoms with E-state index in [4.69, 9.17) is 4.74 Å². The molecule has 0 saturated carbocycles. The van der Waals surface area contributed by atoms with Crippen molar-refractivity contribution >= 4 is 0 Å². The first-order valence-corrected chi connectivity index (χ1v) is 5.32. The molecule has 0 radical (unpaired) electrons. The van der Waals surface area contributed by atoms with Crippen molar-refractivity contribution in [3.8, 4) is 5.75 Å². The molecule has 0 unspecified atom stereocenters. The van der Waals surface area contributed by atoms with Crippen LogP contribution in [0.25, 0.3) is 0 Å². The van der Waals surface area contributed by atoms with Gasteiger partial charge in [-0.2, -0.15) is 0 Å². The molecule has 4 nitrogen and oxygen atoms in total. The fraction of sp³-hybridized carbons (Fsp3) is 0.333. The summed E-state index contributed by atoms with van der Waals surface area (Å²) in [6.07, 6.45) is 7.18. The first-order valence-electron chi connectivity index (χ1n) is 5.32. The van der Waals surface area contributed by atoms with E-state index < -0.39 is 0 Å². The van der Waals surface area contributed by atoms with Crippen molar-refractivity contribution in [1.29, 1.82) is 0 Å². The molecule has 0 aromatic carbocycles. The summed E-state index contributed by atoms with van der Waals surface area (Å²) in [4.78, 5) is 8.26. The van der Waals surface area contributed by atoms with E-state index in [2.05, 4.69) is 28.4 Å². The van der Waals surface area contributed by atoms with Crippen molar-refractivity contribution in [2.75, 3.05) is 0 Å². The number of ether oxygens (including phenoxy) is 1. The molecular weight excluding hydrogens is 202 g/mol. The molecule has 4 heteroatoms. The standard InChI is InChI=1S/C12H15N3O/c1-10(2)15-7-6-14-12(15)9-16-11-4-3-5-13-8-11/h3-8,10H,9H2,1-2H3. The van der Waals surface area contributed by atoms with Gasteiger partial charge in [0.25, 0.3) is 0 Å². The predicted octanol–water partition coefficient (Wildman–Crippen LogP) is 2.44. The van der Waals surface area contributed by atoms with Crippen LogP contribution in [0.1, 0.15) is 25.7 Å². The summed E-state index contributed by atoms with van der Waals surface area (Å²) in [7, 11) is 0. The second kappa shape index (κ2) is 4.79. The van der Waals surface area contributed by atoms with Gasteiger partial charge in [-0.3, -0.25) is 4.98 Å². The molecular formula is C12H15N3O. The lowest BCUT2D eigenvalue weighted by Crippen LogP contribution is -2.08. The second-order valence-electron chi connectivity index (χ2n) is 3.82. The molecule has 2 heterocycles. The molecule has 0 amide bonds. The average molecular weight is 217 g/mol. The zero-order valence-corrected chi connectivity index (χ0v) is 9.50. The highest BCUT2D eigenvalue weighted by molar-refractivity contribution is 5.15. The molecule has 0 spiro atoms. The quantitative estimate of drug-likeness (QED) is 0.789. The number of nitrogens with zero attached hydrogens (tertiary/aromatic N) is 3. The Labute approximate surface area is 94.9 Å². The van der Waals surface area contributed by atoms with E-state index in [1.165, 1.54) is 0 Å². The van der Waals surface area contributed by atoms with E-state index in [0.717, 1.165) is 11.6 Å². The Morgan fingerprint density at radius 2 is 2.25 bits per heavy atom. The monoisotopic (exact) mass is 217 g/mol. The molecule has 0 saturated heterocycles. The Kier molecular flexibility index (Phi) is 3.19. The minimum atomic E-state index is 0.398. The summed E-state index contributed by atoms with van der Waals surface area (Å²) in [5.74, 6) is 1.69. The van der Waals surface area contributed by atoms with Crippen LogP contribution in [-0.2, 0) is 6.61 Å². The molecule has 16 heavy (non-hydrogen) atoms. The van der Waals surface area contributed by atoms with Crippen LogP contribution in [-0.4, -0.2) is 14.5 Å². The van der Waals surface area contributed by atoms with Crippen LogP contribution in [0.5, 0.6) is 5.75 Å². The molecule has 2 rings (SSSR count). The van der Waals surface area contributed by atoms with Gasteiger partial charge in [0, 0.05) is 24.6 Å². The summed E-state index contributed by atoms with van der Waals surface area (Å²) in [5, 5.41) is 0. The minimum Gasteiger partial charge on any atom is -0.484 e. The smallest absolute Gasteiger partial charge is 0.147 e. The molecule has 0 aliphatic rings. The molecule has 0 bridgehead atoms. The Bertz CT molecular complexity index is 437. The second-order valence-corrected chi connectivity index (χ2v) is 3.82. The molecule has 84 valence electrons. The number of pyridine rings is 1. The van der Waals surface area contributed by atoms with Gasteiger partial charge < -0.3 is 9.30 Å². The SMILES string of the molecule is CC(C)n1ccnc1COc1cccnc1. The van der Waals surface area contributed by atoms with Crippen molar-refractivity contribution in [3.05, 3.63) is 42.7 Å². The Morgan fingerprint density at radius 3 is 2.94 bits per heavy atom. The summed E-state index contributed by atoms with van der Waals surface area (Å²) < 4.78 is 7.69. The lowest BCUT2D eigenvalue weighted by Gasteiger charge is -2.11. The number of hydrogen-bond acceptors (Lipinski definition) is 3. The van der Waals surface area contributed by atoms with Crippen LogP contribution in [0.2, 0.25) is 0 Å². The maximum atomic E-state index is 5.60. The van der Waals surface area contributed by atoms with Crippen LogP contribution in [0.4, 0.5) is 0 Å². The van der Waals surface area contributed by atoms with Gasteiger partial charge in [-0.25, -0.2) is 4.98 Å². The summed E-state index contributed by atoms with van der Waals surface area (Å²) in [6, 6.07) is 4.13. The summed E-state index contributed by atoms with van der Waals surface area (Å²) in [5.41, 5.74) is 0. The number of rotatable bonds is 4. The van der Waals surface area contributed by atoms with Gasteiger partial charge >= 0.3 is 0 Å².